The van der Waals surface area contributed by atoms with Crippen molar-refractivity contribution in [2.45, 2.75) is 54.5 Å². The van der Waals surface area contributed by atoms with Crippen molar-refractivity contribution >= 4 is 38.9 Å². The third kappa shape index (κ3) is 5.56. The van der Waals surface area contributed by atoms with Crippen LogP contribution < -0.4 is 10.6 Å². The van der Waals surface area contributed by atoms with E-state index in [1.54, 1.807) is 6.92 Å². The van der Waals surface area contributed by atoms with Crippen LogP contribution in [-0.4, -0.2) is 55.9 Å². The molecule has 0 aromatic heterocycles. The smallest absolute Gasteiger partial charge is 0.255 e. The number of amides is 2. The van der Waals surface area contributed by atoms with Gasteiger partial charge in [-0.2, -0.15) is 0 Å². The Morgan fingerprint density at radius 1 is 1.13 bits per heavy atom. The maximum absolute atomic E-state index is 13.6. The van der Waals surface area contributed by atoms with Crippen molar-refractivity contribution < 1.29 is 36.6 Å². The van der Waals surface area contributed by atoms with Gasteiger partial charge in [-0.1, -0.05) is 11.6 Å². The minimum absolute atomic E-state index is 0.000579. The Kier molecular flexibility index (Phi) is 8.13. The van der Waals surface area contributed by atoms with Gasteiger partial charge in [-0.25, -0.2) is 17.2 Å². The zero-order valence-electron chi connectivity index (χ0n) is 20.8. The molecule has 0 radical (unpaired) electrons. The highest BCUT2D eigenvalue weighted by Gasteiger charge is 2.60. The number of anilines is 1. The number of aliphatic hydroxyl groups is 1. The van der Waals surface area contributed by atoms with Gasteiger partial charge in [-0.05, 0) is 68.4 Å². The SMILES string of the molecule is CO[C@@H](C)CNC(=O)CC1(O)C2CC1CC(S(=O)(=O)c1cc(C(=O)Nc3ccc(F)c(F)c3)ccc1Cl)C2. The molecule has 38 heavy (non-hydrogen) atoms. The molecule has 5 rings (SSSR count). The van der Waals surface area contributed by atoms with Gasteiger partial charge in [0.2, 0.25) is 5.91 Å². The number of sulfone groups is 1. The average Bonchev–Trinajstić information content (AvgIpc) is 2.89. The Morgan fingerprint density at radius 3 is 2.45 bits per heavy atom. The lowest BCUT2D eigenvalue weighted by atomic mass is 9.52. The third-order valence-corrected chi connectivity index (χ3v) is 10.3. The Balaban J connectivity index is 1.46. The quantitative estimate of drug-likeness (QED) is 0.422. The van der Waals surface area contributed by atoms with Crippen LogP contribution in [0.25, 0.3) is 0 Å². The van der Waals surface area contributed by atoms with Crippen LogP contribution in [-0.2, 0) is 19.4 Å². The summed E-state index contributed by atoms with van der Waals surface area (Å²) in [4.78, 5) is 24.8. The molecule has 2 unspecified atom stereocenters. The number of ether oxygens (including phenoxy) is 1. The topological polar surface area (TPSA) is 122 Å². The molecule has 2 aromatic carbocycles. The number of nitrogens with one attached hydrogen (secondary N) is 2. The maximum Gasteiger partial charge on any atom is 0.255 e. The molecule has 206 valence electrons. The number of carbonyl (C=O) groups excluding carboxylic acids is 2. The van der Waals surface area contributed by atoms with Gasteiger partial charge in [0.1, 0.15) is 0 Å². The molecule has 2 amide bonds. The van der Waals surface area contributed by atoms with E-state index in [9.17, 15) is 31.9 Å². The molecule has 3 fully saturated rings. The summed E-state index contributed by atoms with van der Waals surface area (Å²) in [6.07, 6.45) is 0.626. The largest absolute Gasteiger partial charge is 0.389 e. The van der Waals surface area contributed by atoms with Crippen LogP contribution in [0.3, 0.4) is 0 Å². The normalized spacial score (nSPS) is 25.3. The Hall–Kier alpha value is -2.60. The molecule has 0 heterocycles. The second-order valence-electron chi connectivity index (χ2n) is 10.0. The molecule has 3 saturated carbocycles. The van der Waals surface area contributed by atoms with Crippen molar-refractivity contribution in [3.63, 3.8) is 0 Å². The molecule has 8 nitrogen and oxygen atoms in total. The molecule has 0 spiro atoms. The minimum atomic E-state index is -3.99. The van der Waals surface area contributed by atoms with Gasteiger partial charge in [-0.3, -0.25) is 9.59 Å². The van der Waals surface area contributed by atoms with Gasteiger partial charge in [0.15, 0.2) is 21.5 Å². The number of carbonyl (C=O) groups is 2. The first kappa shape index (κ1) is 28.4. The summed E-state index contributed by atoms with van der Waals surface area (Å²) in [5, 5.41) is 15.4. The van der Waals surface area contributed by atoms with Crippen molar-refractivity contribution in [3.8, 4) is 0 Å². The Bertz CT molecular complexity index is 1340. The van der Waals surface area contributed by atoms with Crippen molar-refractivity contribution in [1.29, 1.82) is 0 Å². The van der Waals surface area contributed by atoms with E-state index >= 15 is 0 Å². The zero-order chi connectivity index (χ0) is 27.8. The molecule has 0 saturated heterocycles. The standard InChI is InChI=1S/C26H29ClF2N2O6S/c1-14(37-2)13-30-24(32)12-26(34)16-8-17(26)10-19(9-16)38(35,36)23-7-15(3-5-20(23)27)25(33)31-18-4-6-21(28)22(29)11-18/h3-7,11,14,16-17,19,34H,8-10,12-13H2,1-2H3,(H,30,32)(H,31,33)/t14-,16?,17?,19?,26?/m0/s1. The van der Waals surface area contributed by atoms with Crippen molar-refractivity contribution in [2.24, 2.45) is 11.8 Å². The van der Waals surface area contributed by atoms with E-state index in [0.717, 1.165) is 18.2 Å². The van der Waals surface area contributed by atoms with E-state index < -0.39 is 38.2 Å². The van der Waals surface area contributed by atoms with E-state index in [4.69, 9.17) is 16.3 Å². The molecular weight excluding hydrogens is 542 g/mol. The molecule has 3 N–H and O–H groups in total. The molecule has 0 aliphatic heterocycles. The molecule has 2 aromatic rings. The van der Waals surface area contributed by atoms with Gasteiger partial charge in [0.25, 0.3) is 5.91 Å². The van der Waals surface area contributed by atoms with Gasteiger partial charge in [-0.15, -0.1) is 0 Å². The lowest BCUT2D eigenvalue weighted by Crippen LogP contribution is -2.63. The summed E-state index contributed by atoms with van der Waals surface area (Å²) < 4.78 is 58.9. The number of methoxy groups -OCH3 is 1. The van der Waals surface area contributed by atoms with Gasteiger partial charge in [0.05, 0.1) is 33.3 Å². The predicted molar refractivity (Wildman–Crippen MR) is 137 cm³/mol. The van der Waals surface area contributed by atoms with E-state index in [1.807, 2.05) is 0 Å². The maximum atomic E-state index is 13.6. The van der Waals surface area contributed by atoms with Crippen molar-refractivity contribution in [1.82, 2.24) is 5.32 Å². The number of rotatable bonds is 9. The van der Waals surface area contributed by atoms with Crippen LogP contribution in [0.5, 0.6) is 0 Å². The van der Waals surface area contributed by atoms with Gasteiger partial charge in [0, 0.05) is 31.0 Å². The summed E-state index contributed by atoms with van der Waals surface area (Å²) in [5.41, 5.74) is -1.31. The number of hydrogen-bond donors (Lipinski definition) is 3. The predicted octanol–water partition coefficient (Wildman–Crippen LogP) is 3.72. The highest BCUT2D eigenvalue weighted by atomic mass is 35.5. The molecule has 12 heteroatoms. The molecule has 3 aliphatic rings. The fourth-order valence-corrected chi connectivity index (χ4v) is 7.68. The lowest BCUT2D eigenvalue weighted by Gasteiger charge is -2.58. The van der Waals surface area contributed by atoms with Crippen LogP contribution in [0.2, 0.25) is 5.02 Å². The second kappa shape index (κ2) is 10.9. The van der Waals surface area contributed by atoms with E-state index in [2.05, 4.69) is 10.6 Å². The van der Waals surface area contributed by atoms with E-state index in [1.165, 1.54) is 25.3 Å². The van der Waals surface area contributed by atoms with E-state index in [0.29, 0.717) is 13.0 Å². The van der Waals surface area contributed by atoms with Crippen LogP contribution in [0, 0.1) is 23.5 Å². The Labute approximate surface area is 224 Å². The van der Waals surface area contributed by atoms with Crippen molar-refractivity contribution in [2.75, 3.05) is 19.0 Å². The van der Waals surface area contributed by atoms with Crippen molar-refractivity contribution in [3.05, 3.63) is 58.6 Å². The van der Waals surface area contributed by atoms with Crippen LogP contribution >= 0.6 is 11.6 Å². The minimum Gasteiger partial charge on any atom is -0.389 e. The zero-order valence-corrected chi connectivity index (χ0v) is 22.4. The van der Waals surface area contributed by atoms with Crippen LogP contribution in [0.4, 0.5) is 14.5 Å². The van der Waals surface area contributed by atoms with Crippen LogP contribution in [0.1, 0.15) is 43.0 Å². The fraction of sp³-hybridized carbons (Fsp3) is 0.462. The summed E-state index contributed by atoms with van der Waals surface area (Å²) in [6.45, 7) is 2.10. The summed E-state index contributed by atoms with van der Waals surface area (Å²) in [5.74, 6) is -3.99. The number of hydrogen-bond acceptors (Lipinski definition) is 6. The highest BCUT2D eigenvalue weighted by Crippen LogP contribution is 2.57. The number of benzene rings is 2. The first-order chi connectivity index (χ1) is 17.8. The molecule has 3 atom stereocenters. The summed E-state index contributed by atoms with van der Waals surface area (Å²) in [6, 6.07) is 6.63. The summed E-state index contributed by atoms with van der Waals surface area (Å²) in [7, 11) is -2.46. The van der Waals surface area contributed by atoms with Gasteiger partial charge < -0.3 is 20.5 Å². The highest BCUT2D eigenvalue weighted by molar-refractivity contribution is 7.92. The lowest BCUT2D eigenvalue weighted by molar-refractivity contribution is -0.183. The summed E-state index contributed by atoms with van der Waals surface area (Å²) >= 11 is 6.23. The molecular formula is C26H29ClF2N2O6S. The first-order valence-electron chi connectivity index (χ1n) is 12.2. The molecule has 2 bridgehead atoms. The van der Waals surface area contributed by atoms with Crippen LogP contribution in [0.15, 0.2) is 41.3 Å². The third-order valence-electron chi connectivity index (χ3n) is 7.63. The Morgan fingerprint density at radius 2 is 1.82 bits per heavy atom. The number of halogens is 3. The fourth-order valence-electron chi connectivity index (χ4n) is 5.28. The first-order valence-corrected chi connectivity index (χ1v) is 14.1. The molecule has 3 aliphatic carbocycles. The van der Waals surface area contributed by atoms with E-state index in [-0.39, 0.29) is 64.3 Å². The number of fused-ring (bicyclic) bond motifs is 2. The average molecular weight is 571 g/mol. The second-order valence-corrected chi connectivity index (χ2v) is 12.6. The monoisotopic (exact) mass is 570 g/mol. The van der Waals surface area contributed by atoms with Gasteiger partial charge >= 0.3 is 0 Å².